The number of ketones is 1. The van der Waals surface area contributed by atoms with Gasteiger partial charge in [0.1, 0.15) is 0 Å². The third kappa shape index (κ3) is 3.29. The van der Waals surface area contributed by atoms with Crippen LogP contribution in [0.15, 0.2) is 53.3 Å². The highest BCUT2D eigenvalue weighted by atomic mass is 35.5. The number of hydrogen-bond donors (Lipinski definition) is 0. The quantitative estimate of drug-likeness (QED) is 0.530. The number of carbonyl (C=O) groups is 2. The van der Waals surface area contributed by atoms with E-state index in [1.54, 1.807) is 48.5 Å². The monoisotopic (exact) mass is 356 g/mol. The van der Waals surface area contributed by atoms with E-state index < -0.39 is 18.4 Å². The minimum atomic E-state index is -0.785. The lowest BCUT2D eigenvalue weighted by Gasteiger charge is -2.08. The van der Waals surface area contributed by atoms with Gasteiger partial charge >= 0.3 is 5.97 Å². The van der Waals surface area contributed by atoms with Crippen molar-refractivity contribution in [2.75, 3.05) is 6.61 Å². The molecule has 7 heteroatoms. The number of nitrogens with zero attached hydrogens (tertiary/aromatic N) is 2. The van der Waals surface area contributed by atoms with Crippen LogP contribution in [-0.4, -0.2) is 28.1 Å². The Bertz CT molecular complexity index is 1040. The molecule has 0 N–H and O–H groups in total. The molecule has 0 unspecified atom stereocenters. The summed E-state index contributed by atoms with van der Waals surface area (Å²) >= 11 is 5.96. The van der Waals surface area contributed by atoms with E-state index in [-0.39, 0.29) is 21.8 Å². The van der Waals surface area contributed by atoms with Gasteiger partial charge in [-0.05, 0) is 18.2 Å². The zero-order valence-corrected chi connectivity index (χ0v) is 14.0. The Kier molecular flexibility index (Phi) is 4.63. The van der Waals surface area contributed by atoms with Gasteiger partial charge in [-0.3, -0.25) is 9.59 Å². The molecule has 0 saturated heterocycles. The second kappa shape index (κ2) is 6.86. The fourth-order valence-electron chi connectivity index (χ4n) is 2.42. The molecule has 0 saturated carbocycles. The lowest BCUT2D eigenvalue weighted by molar-refractivity contribution is 0.0469. The van der Waals surface area contributed by atoms with E-state index in [0.29, 0.717) is 10.8 Å². The first-order valence-corrected chi connectivity index (χ1v) is 7.77. The maximum atomic E-state index is 12.4. The van der Waals surface area contributed by atoms with E-state index in [1.165, 1.54) is 7.05 Å². The Balaban J connectivity index is 1.86. The molecule has 1 aromatic heterocycles. The van der Waals surface area contributed by atoms with Crippen LogP contribution in [0, 0.1) is 0 Å². The van der Waals surface area contributed by atoms with Crippen LogP contribution in [0.3, 0.4) is 0 Å². The second-order valence-corrected chi connectivity index (χ2v) is 5.71. The molecule has 0 bridgehead atoms. The highest BCUT2D eigenvalue weighted by Gasteiger charge is 2.19. The third-order valence-electron chi connectivity index (χ3n) is 3.66. The van der Waals surface area contributed by atoms with E-state index in [0.717, 1.165) is 4.68 Å². The average Bonchev–Trinajstić information content (AvgIpc) is 2.63. The number of hydrogen-bond acceptors (Lipinski definition) is 5. The van der Waals surface area contributed by atoms with Crippen LogP contribution in [0.2, 0.25) is 5.02 Å². The van der Waals surface area contributed by atoms with Crippen molar-refractivity contribution in [2.45, 2.75) is 0 Å². The van der Waals surface area contributed by atoms with Gasteiger partial charge in [0.15, 0.2) is 12.3 Å². The van der Waals surface area contributed by atoms with Crippen LogP contribution in [0.4, 0.5) is 0 Å². The van der Waals surface area contributed by atoms with Gasteiger partial charge in [-0.15, -0.1) is 0 Å². The molecule has 126 valence electrons. The summed E-state index contributed by atoms with van der Waals surface area (Å²) in [7, 11) is 1.44. The van der Waals surface area contributed by atoms with Crippen molar-refractivity contribution < 1.29 is 14.3 Å². The molecule has 0 atom stereocenters. The zero-order chi connectivity index (χ0) is 18.0. The molecule has 0 fully saturated rings. The highest BCUT2D eigenvalue weighted by Crippen LogP contribution is 2.17. The topological polar surface area (TPSA) is 78.3 Å². The minimum Gasteiger partial charge on any atom is -0.452 e. The lowest BCUT2D eigenvalue weighted by atomic mass is 10.1. The van der Waals surface area contributed by atoms with Gasteiger partial charge in [0, 0.05) is 18.0 Å². The minimum absolute atomic E-state index is 0.0235. The van der Waals surface area contributed by atoms with Gasteiger partial charge in [-0.1, -0.05) is 41.9 Å². The first-order valence-electron chi connectivity index (χ1n) is 7.40. The molecule has 0 aliphatic carbocycles. The number of benzene rings is 2. The Morgan fingerprint density at radius 3 is 2.44 bits per heavy atom. The van der Waals surface area contributed by atoms with Crippen molar-refractivity contribution in [1.82, 2.24) is 9.78 Å². The second-order valence-electron chi connectivity index (χ2n) is 5.30. The Hall–Kier alpha value is -2.99. The summed E-state index contributed by atoms with van der Waals surface area (Å²) in [4.78, 5) is 36.6. The largest absolute Gasteiger partial charge is 0.452 e. The molecule has 2 aromatic carbocycles. The summed E-state index contributed by atoms with van der Waals surface area (Å²) in [5.41, 5.74) is -0.0702. The van der Waals surface area contributed by atoms with Crippen molar-refractivity contribution in [2.24, 2.45) is 7.05 Å². The number of aromatic nitrogens is 2. The predicted molar refractivity (Wildman–Crippen MR) is 93.0 cm³/mol. The van der Waals surface area contributed by atoms with Crippen LogP contribution in [-0.2, 0) is 11.8 Å². The number of ether oxygens (including phenoxy) is 1. The van der Waals surface area contributed by atoms with Crippen LogP contribution < -0.4 is 5.56 Å². The molecule has 25 heavy (non-hydrogen) atoms. The summed E-state index contributed by atoms with van der Waals surface area (Å²) in [6, 6.07) is 13.1. The maximum absolute atomic E-state index is 12.4. The summed E-state index contributed by atoms with van der Waals surface area (Å²) in [5.74, 6) is -1.21. The number of aryl methyl sites for hydroxylation is 1. The summed E-state index contributed by atoms with van der Waals surface area (Å²) < 4.78 is 6.14. The van der Waals surface area contributed by atoms with Gasteiger partial charge in [-0.2, -0.15) is 5.10 Å². The van der Waals surface area contributed by atoms with Gasteiger partial charge in [0.2, 0.25) is 5.78 Å². The number of carbonyl (C=O) groups excluding carboxylic acids is 2. The number of rotatable bonds is 4. The summed E-state index contributed by atoms with van der Waals surface area (Å²) in [5, 5.41) is 4.97. The van der Waals surface area contributed by atoms with Crippen LogP contribution in [0.1, 0.15) is 20.8 Å². The average molecular weight is 357 g/mol. The van der Waals surface area contributed by atoms with E-state index in [1.807, 2.05) is 0 Å². The maximum Gasteiger partial charge on any atom is 0.359 e. The number of esters is 1. The molecule has 0 aliphatic heterocycles. The predicted octanol–water partition coefficient (Wildman–Crippen LogP) is 2.63. The first-order chi connectivity index (χ1) is 12.0. The molecule has 3 aromatic rings. The van der Waals surface area contributed by atoms with Gasteiger partial charge in [0.05, 0.1) is 10.4 Å². The molecule has 0 amide bonds. The standard InChI is InChI=1S/C18H13ClN2O4/c1-21-17(23)12-7-3-2-6-11(12)16(20-21)18(24)25-10-15(22)13-8-4-5-9-14(13)19/h2-9H,10H2,1H3. The van der Waals surface area contributed by atoms with E-state index >= 15 is 0 Å². The van der Waals surface area contributed by atoms with Crippen LogP contribution in [0.5, 0.6) is 0 Å². The van der Waals surface area contributed by atoms with Crippen molar-refractivity contribution in [3.63, 3.8) is 0 Å². The highest BCUT2D eigenvalue weighted by molar-refractivity contribution is 6.34. The summed E-state index contributed by atoms with van der Waals surface area (Å²) in [6.45, 7) is -0.471. The fraction of sp³-hybridized carbons (Fsp3) is 0.111. The molecular formula is C18H13ClN2O4. The molecular weight excluding hydrogens is 344 g/mol. The third-order valence-corrected chi connectivity index (χ3v) is 3.99. The first kappa shape index (κ1) is 16.9. The lowest BCUT2D eigenvalue weighted by Crippen LogP contribution is -2.24. The van der Waals surface area contributed by atoms with Gasteiger partial charge in [0.25, 0.3) is 5.56 Å². The smallest absolute Gasteiger partial charge is 0.359 e. The SMILES string of the molecule is Cn1nc(C(=O)OCC(=O)c2ccccc2Cl)c2ccccc2c1=O. The molecule has 0 spiro atoms. The molecule has 0 radical (unpaired) electrons. The van der Waals surface area contributed by atoms with E-state index in [2.05, 4.69) is 5.10 Å². The Labute approximate surface area is 147 Å². The number of fused-ring (bicyclic) bond motifs is 1. The van der Waals surface area contributed by atoms with Crippen molar-refractivity contribution >= 4 is 34.1 Å². The molecule has 0 aliphatic rings. The van der Waals surface area contributed by atoms with Crippen molar-refractivity contribution in [3.05, 3.63) is 75.2 Å². The fourth-order valence-corrected chi connectivity index (χ4v) is 2.66. The zero-order valence-electron chi connectivity index (χ0n) is 13.2. The van der Waals surface area contributed by atoms with Crippen LogP contribution >= 0.6 is 11.6 Å². The van der Waals surface area contributed by atoms with Gasteiger partial charge < -0.3 is 4.74 Å². The van der Waals surface area contributed by atoms with Crippen molar-refractivity contribution in [3.8, 4) is 0 Å². The number of Topliss-reactive ketones (excluding diaryl/α,β-unsaturated/α-hetero) is 1. The Morgan fingerprint density at radius 2 is 1.72 bits per heavy atom. The van der Waals surface area contributed by atoms with E-state index in [4.69, 9.17) is 16.3 Å². The van der Waals surface area contributed by atoms with Gasteiger partial charge in [-0.25, -0.2) is 9.48 Å². The molecule has 3 rings (SSSR count). The van der Waals surface area contributed by atoms with Crippen LogP contribution in [0.25, 0.3) is 10.8 Å². The Morgan fingerprint density at radius 1 is 1.08 bits per heavy atom. The number of halogens is 1. The molecule has 6 nitrogen and oxygen atoms in total. The normalized spacial score (nSPS) is 10.6. The molecule has 1 heterocycles. The van der Waals surface area contributed by atoms with E-state index in [9.17, 15) is 14.4 Å². The van der Waals surface area contributed by atoms with Crippen molar-refractivity contribution in [1.29, 1.82) is 0 Å². The summed E-state index contributed by atoms with van der Waals surface area (Å²) in [6.07, 6.45) is 0.